The highest BCUT2D eigenvalue weighted by molar-refractivity contribution is 9.30. The number of hydrogen-bond acceptors (Lipinski definition) is 21. The zero-order valence-corrected chi connectivity index (χ0v) is 54.9. The van der Waals surface area contributed by atoms with Gasteiger partial charge in [-0.25, -0.2) is 0 Å². The van der Waals surface area contributed by atoms with Gasteiger partial charge in [0.1, 0.15) is 13.1 Å². The molecular weight excluding hydrogens is 1140 g/mol. The molecule has 7 aliphatic rings. The summed E-state index contributed by atoms with van der Waals surface area (Å²) in [5.41, 5.74) is 0. The zero-order chi connectivity index (χ0) is 48.4. The quantitative estimate of drug-likeness (QED) is 0.0258. The maximum absolute atomic E-state index is 6.77. The highest BCUT2D eigenvalue weighted by atomic mass is 33.7. The van der Waals surface area contributed by atoms with Crippen molar-refractivity contribution in [1.29, 1.82) is 0 Å². The van der Waals surface area contributed by atoms with Crippen LogP contribution in [0, 0.1) is 35.5 Å². The van der Waals surface area contributed by atoms with Gasteiger partial charge in [0.2, 0.25) is 0 Å². The van der Waals surface area contributed by atoms with Crippen LogP contribution < -0.4 is 0 Å². The van der Waals surface area contributed by atoms with E-state index in [9.17, 15) is 0 Å². The lowest BCUT2D eigenvalue weighted by atomic mass is 9.99. The molecule has 0 amide bonds. The summed E-state index contributed by atoms with van der Waals surface area (Å²) in [4.78, 5) is 0. The van der Waals surface area contributed by atoms with E-state index in [4.69, 9.17) is 39.8 Å². The topological polar surface area (TPSA) is 83.1 Å². The van der Waals surface area contributed by atoms with Gasteiger partial charge < -0.3 is 39.8 Å². The number of rotatable bonds is 36. The summed E-state index contributed by atoms with van der Waals surface area (Å²) in [6.45, 7) is 24.6. The summed E-state index contributed by atoms with van der Waals surface area (Å²) in [5.74, 6) is 3.97. The SMILES string of the molecule is CCO[Si](OCC)(OCC)C1(SSSSC2CCCC2(SSSSC2([Si](OCC)(OCC)OCC)CC3CCC2C3)SSSSC2([Si](OCC)(OCC)OCC)CC3CCC2C3)CC2CCC1C2. The average molecular weight is 1220 g/mol. The lowest BCUT2D eigenvalue weighted by Crippen LogP contribution is -2.65. The molecule has 0 aromatic rings. The van der Waals surface area contributed by atoms with Gasteiger partial charge in [0.25, 0.3) is 0 Å². The van der Waals surface area contributed by atoms with Gasteiger partial charge in [-0.3, -0.25) is 0 Å². The van der Waals surface area contributed by atoms with E-state index in [1.54, 1.807) is 0 Å². The maximum atomic E-state index is 6.77. The summed E-state index contributed by atoms with van der Waals surface area (Å²) in [7, 11) is 15.6. The molecule has 6 bridgehead atoms. The van der Waals surface area contributed by atoms with Crippen molar-refractivity contribution in [3.8, 4) is 0 Å². The fourth-order valence-electron chi connectivity index (χ4n) is 13.3. The molecule has 0 heterocycles. The molecule has 0 saturated heterocycles. The van der Waals surface area contributed by atoms with Gasteiger partial charge in [-0.1, -0.05) is 84.0 Å². The second-order valence-corrected chi connectivity index (χ2v) is 48.0. The highest BCUT2D eigenvalue weighted by Crippen LogP contribution is 2.74. The van der Waals surface area contributed by atoms with Crippen molar-refractivity contribution in [2.45, 2.75) is 181 Å². The molecule has 396 valence electrons. The Morgan fingerprint density at radius 1 is 0.368 bits per heavy atom. The normalized spacial score (nSPS) is 35.5. The van der Waals surface area contributed by atoms with E-state index >= 15 is 0 Å². The van der Waals surface area contributed by atoms with Crippen LogP contribution in [0.4, 0.5) is 0 Å². The van der Waals surface area contributed by atoms with Gasteiger partial charge in [0.15, 0.2) is 0 Å². The van der Waals surface area contributed by atoms with E-state index in [2.05, 4.69) is 127 Å². The van der Waals surface area contributed by atoms with Gasteiger partial charge in [-0.2, -0.15) is 0 Å². The first-order valence-corrected chi connectivity index (χ1v) is 45.6. The smallest absolute Gasteiger partial charge is 0.373 e. The average Bonchev–Trinajstić information content (AvgIpc) is 4.22. The van der Waals surface area contributed by atoms with E-state index in [0.29, 0.717) is 82.5 Å². The van der Waals surface area contributed by atoms with Crippen LogP contribution in [0.15, 0.2) is 0 Å². The van der Waals surface area contributed by atoms with Crippen molar-refractivity contribution in [2.75, 3.05) is 59.5 Å². The molecule has 68 heavy (non-hydrogen) atoms. The summed E-state index contributed by atoms with van der Waals surface area (Å²) in [5, 5.41) is 0.482. The van der Waals surface area contributed by atoms with Crippen molar-refractivity contribution in [1.82, 2.24) is 0 Å². The Balaban J connectivity index is 1.09. The van der Waals surface area contributed by atoms with E-state index < -0.39 is 26.4 Å². The molecule has 7 saturated carbocycles. The lowest BCUT2D eigenvalue weighted by molar-refractivity contribution is 0.0494. The number of fused-ring (bicyclic) bond motifs is 6. The third-order valence-electron chi connectivity index (χ3n) is 15.6. The van der Waals surface area contributed by atoms with Gasteiger partial charge >= 0.3 is 26.4 Å². The highest BCUT2D eigenvalue weighted by Gasteiger charge is 2.73. The minimum atomic E-state index is -3.00. The van der Waals surface area contributed by atoms with Gasteiger partial charge in [0.05, 0.1) is 4.08 Å². The van der Waals surface area contributed by atoms with Crippen molar-refractivity contribution in [3.63, 3.8) is 0 Å². The van der Waals surface area contributed by atoms with Crippen LogP contribution in [0.1, 0.15) is 159 Å². The van der Waals surface area contributed by atoms with E-state index in [1.165, 1.54) is 77.0 Å². The number of hydrogen-bond donors (Lipinski definition) is 0. The predicted octanol–water partition coefficient (Wildman–Crippen LogP) is 16.7. The van der Waals surface area contributed by atoms with E-state index in [0.717, 1.165) is 37.0 Å². The second kappa shape index (κ2) is 28.1. The molecule has 24 heteroatoms. The Morgan fingerprint density at radius 3 is 0.926 bits per heavy atom. The molecule has 7 aliphatic carbocycles. The Hall–Kier alpha value is 4.49. The summed E-state index contributed by atoms with van der Waals surface area (Å²) < 4.78 is 60.6. The Kier molecular flexibility index (Phi) is 24.8. The molecule has 10 atom stereocenters. The van der Waals surface area contributed by atoms with Crippen molar-refractivity contribution in [3.05, 3.63) is 0 Å². The van der Waals surface area contributed by atoms with Crippen molar-refractivity contribution < 1.29 is 39.8 Å². The van der Waals surface area contributed by atoms with E-state index in [1.807, 2.05) is 59.0 Å². The standard InChI is InChI=1S/C44H82O9S12Si3/c1-10-45-66(46-11-2,47-12-3)42(31-34-21-24-37(42)28-34)57-63-60-54-40-20-19-27-41(40,55-61-64-58-43(32-35-22-25-38(43)29-35)67(48-13-4,49-14-5)50-15-6)56-62-65-59-44(33-36-23-26-39(44)30-36)68(51-16-7,52-17-8)53-18-9/h34-40H,10-33H2,1-9H3. The van der Waals surface area contributed by atoms with Crippen LogP contribution in [0.25, 0.3) is 0 Å². The first kappa shape index (κ1) is 60.1. The molecule has 0 aromatic carbocycles. The van der Waals surface area contributed by atoms with Crippen LogP contribution >= 0.6 is 124 Å². The molecule has 0 N–H and O–H groups in total. The lowest BCUT2D eigenvalue weighted by Gasteiger charge is -2.46. The molecule has 7 fully saturated rings. The van der Waals surface area contributed by atoms with Crippen molar-refractivity contribution in [2.24, 2.45) is 35.5 Å². The molecule has 7 rings (SSSR count). The molecule has 9 nitrogen and oxygen atoms in total. The van der Waals surface area contributed by atoms with Crippen LogP contribution in [-0.4, -0.2) is 108 Å². The molecular formula is C44H82O9S12Si3. The summed E-state index contributed by atoms with van der Waals surface area (Å²) >= 11 is 0. The predicted molar refractivity (Wildman–Crippen MR) is 318 cm³/mol. The van der Waals surface area contributed by atoms with Crippen LogP contribution in [-0.2, 0) is 39.8 Å². The van der Waals surface area contributed by atoms with Crippen LogP contribution in [0.2, 0.25) is 0 Å². The molecule has 0 aliphatic heterocycles. The Bertz CT molecular complexity index is 1430. The third-order valence-corrected chi connectivity index (χ3v) is 54.5. The van der Waals surface area contributed by atoms with E-state index in [-0.39, 0.29) is 17.2 Å². The second-order valence-electron chi connectivity index (χ2n) is 19.1. The minimum Gasteiger partial charge on any atom is -0.373 e. The van der Waals surface area contributed by atoms with Crippen LogP contribution in [0.5, 0.6) is 0 Å². The van der Waals surface area contributed by atoms with Crippen molar-refractivity contribution >= 4 is 150 Å². The largest absolute Gasteiger partial charge is 0.519 e. The zero-order valence-electron chi connectivity index (χ0n) is 42.1. The Morgan fingerprint density at radius 2 is 0.662 bits per heavy atom. The molecule has 0 spiro atoms. The summed E-state index contributed by atoms with van der Waals surface area (Å²) in [6.07, 6.45) is 18.7. The third kappa shape index (κ3) is 12.3. The van der Waals surface area contributed by atoms with Crippen LogP contribution in [0.3, 0.4) is 0 Å². The molecule has 0 radical (unpaired) electrons. The maximum Gasteiger partial charge on any atom is 0.519 e. The monoisotopic (exact) mass is 1220 g/mol. The first-order valence-electron chi connectivity index (χ1n) is 25.9. The van der Waals surface area contributed by atoms with Gasteiger partial charge in [-0.05, 0) is 234 Å². The molecule has 0 aromatic heterocycles. The van der Waals surface area contributed by atoms with Gasteiger partial charge in [-0.15, -0.1) is 0 Å². The summed E-state index contributed by atoms with van der Waals surface area (Å²) in [6, 6.07) is 0. The minimum absolute atomic E-state index is 0.0240. The Labute approximate surface area is 461 Å². The fraction of sp³-hybridized carbons (Fsp3) is 1.00. The first-order chi connectivity index (χ1) is 33.1. The van der Waals surface area contributed by atoms with Gasteiger partial charge in [0, 0.05) is 64.7 Å². The molecule has 10 unspecified atom stereocenters. The fourth-order valence-corrected chi connectivity index (χ4v) is 58.8.